The number of benzene rings is 3. The number of nitro groups is 1. The predicted molar refractivity (Wildman–Crippen MR) is 106 cm³/mol. The Morgan fingerprint density at radius 3 is 2.30 bits per heavy atom. The standard InChI is InChI=1S/C21H17NO4S/c1-27-20-12-11-18(13-19(20)22(24)25)21(23)26-14-15-7-9-17(10-8-15)16-5-3-2-4-6-16/h2-13H,14H2,1H3. The van der Waals surface area contributed by atoms with Crippen molar-refractivity contribution >= 4 is 23.4 Å². The average Bonchev–Trinajstić information content (AvgIpc) is 2.72. The molecule has 6 heteroatoms. The summed E-state index contributed by atoms with van der Waals surface area (Å²) in [6.45, 7) is 0.103. The third-order valence-electron chi connectivity index (χ3n) is 4.04. The molecule has 0 heterocycles. The van der Waals surface area contributed by atoms with E-state index in [-0.39, 0.29) is 17.9 Å². The van der Waals surface area contributed by atoms with Gasteiger partial charge in [-0.1, -0.05) is 54.6 Å². The molecular weight excluding hydrogens is 362 g/mol. The second-order valence-corrected chi connectivity index (χ2v) is 6.63. The molecule has 0 unspecified atom stereocenters. The van der Waals surface area contributed by atoms with Crippen molar-refractivity contribution < 1.29 is 14.5 Å². The van der Waals surface area contributed by atoms with Gasteiger partial charge in [-0.2, -0.15) is 0 Å². The summed E-state index contributed by atoms with van der Waals surface area (Å²) in [4.78, 5) is 23.4. The van der Waals surface area contributed by atoms with Crippen LogP contribution < -0.4 is 0 Å². The molecule has 0 saturated heterocycles. The first kappa shape index (κ1) is 18.7. The number of rotatable bonds is 6. The summed E-state index contributed by atoms with van der Waals surface area (Å²) in [6, 6.07) is 22.1. The van der Waals surface area contributed by atoms with E-state index in [1.54, 1.807) is 18.4 Å². The Kier molecular flexibility index (Phi) is 5.88. The fraction of sp³-hybridized carbons (Fsp3) is 0.0952. The number of thioether (sulfide) groups is 1. The molecule has 3 rings (SSSR count). The zero-order valence-corrected chi connectivity index (χ0v) is 15.4. The number of nitrogens with zero attached hydrogens (tertiary/aromatic N) is 1. The second kappa shape index (κ2) is 8.51. The highest BCUT2D eigenvalue weighted by molar-refractivity contribution is 7.98. The van der Waals surface area contributed by atoms with Crippen LogP contribution in [0.25, 0.3) is 11.1 Å². The van der Waals surface area contributed by atoms with Crippen molar-refractivity contribution in [3.05, 3.63) is 94.0 Å². The van der Waals surface area contributed by atoms with E-state index in [4.69, 9.17) is 4.74 Å². The Bertz CT molecular complexity index is 956. The molecule has 136 valence electrons. The summed E-state index contributed by atoms with van der Waals surface area (Å²) < 4.78 is 5.30. The lowest BCUT2D eigenvalue weighted by atomic mass is 10.0. The van der Waals surface area contributed by atoms with Gasteiger partial charge < -0.3 is 4.74 Å². The van der Waals surface area contributed by atoms with Crippen LogP contribution in [0.4, 0.5) is 5.69 Å². The maximum absolute atomic E-state index is 12.2. The number of esters is 1. The van der Waals surface area contributed by atoms with E-state index in [1.165, 1.54) is 17.8 Å². The zero-order valence-electron chi connectivity index (χ0n) is 14.6. The lowest BCUT2D eigenvalue weighted by Crippen LogP contribution is -2.06. The van der Waals surface area contributed by atoms with Gasteiger partial charge in [-0.15, -0.1) is 11.8 Å². The van der Waals surface area contributed by atoms with E-state index < -0.39 is 10.9 Å². The molecule has 0 atom stereocenters. The Balaban J connectivity index is 1.67. The number of carbonyl (C=O) groups is 1. The molecule has 0 aliphatic carbocycles. The van der Waals surface area contributed by atoms with Crippen molar-refractivity contribution in [3.8, 4) is 11.1 Å². The number of nitro benzene ring substituents is 1. The van der Waals surface area contributed by atoms with Crippen molar-refractivity contribution in [2.75, 3.05) is 6.26 Å². The van der Waals surface area contributed by atoms with E-state index in [0.717, 1.165) is 16.7 Å². The average molecular weight is 379 g/mol. The molecule has 0 bridgehead atoms. The zero-order chi connectivity index (χ0) is 19.2. The highest BCUT2D eigenvalue weighted by Crippen LogP contribution is 2.28. The van der Waals surface area contributed by atoms with E-state index >= 15 is 0 Å². The molecule has 0 aromatic heterocycles. The van der Waals surface area contributed by atoms with E-state index in [0.29, 0.717) is 4.90 Å². The molecule has 0 aliphatic rings. The van der Waals surface area contributed by atoms with Crippen LogP contribution in [0.2, 0.25) is 0 Å². The van der Waals surface area contributed by atoms with Gasteiger partial charge in [0.25, 0.3) is 5.69 Å². The monoisotopic (exact) mass is 379 g/mol. The Morgan fingerprint density at radius 2 is 1.67 bits per heavy atom. The summed E-state index contributed by atoms with van der Waals surface area (Å²) in [5.74, 6) is -0.585. The van der Waals surface area contributed by atoms with Gasteiger partial charge in [0.05, 0.1) is 15.4 Å². The van der Waals surface area contributed by atoms with Gasteiger partial charge in [0, 0.05) is 6.07 Å². The third-order valence-corrected chi connectivity index (χ3v) is 4.83. The minimum atomic E-state index is -0.585. The van der Waals surface area contributed by atoms with Crippen LogP contribution in [0.3, 0.4) is 0 Å². The molecule has 5 nitrogen and oxygen atoms in total. The van der Waals surface area contributed by atoms with Gasteiger partial charge in [0.1, 0.15) is 6.61 Å². The number of hydrogen-bond acceptors (Lipinski definition) is 5. The van der Waals surface area contributed by atoms with Crippen molar-refractivity contribution in [2.24, 2.45) is 0 Å². The summed E-state index contributed by atoms with van der Waals surface area (Å²) in [5, 5.41) is 11.1. The van der Waals surface area contributed by atoms with Gasteiger partial charge in [0.2, 0.25) is 0 Å². The van der Waals surface area contributed by atoms with Crippen molar-refractivity contribution in [1.29, 1.82) is 0 Å². The highest BCUT2D eigenvalue weighted by atomic mass is 32.2. The molecule has 3 aromatic rings. The second-order valence-electron chi connectivity index (χ2n) is 5.78. The third kappa shape index (κ3) is 4.54. The first-order valence-corrected chi connectivity index (χ1v) is 9.45. The lowest BCUT2D eigenvalue weighted by Gasteiger charge is -2.07. The molecule has 0 fully saturated rings. The van der Waals surface area contributed by atoms with E-state index in [1.807, 2.05) is 54.6 Å². The largest absolute Gasteiger partial charge is 0.457 e. The van der Waals surface area contributed by atoms with Gasteiger partial charge >= 0.3 is 5.97 Å². The van der Waals surface area contributed by atoms with Crippen molar-refractivity contribution in [1.82, 2.24) is 0 Å². The number of carbonyl (C=O) groups excluding carboxylic acids is 1. The Labute approximate surface area is 161 Å². The highest BCUT2D eigenvalue weighted by Gasteiger charge is 2.17. The molecule has 0 saturated carbocycles. The van der Waals surface area contributed by atoms with Crippen LogP contribution in [-0.4, -0.2) is 17.1 Å². The van der Waals surface area contributed by atoms with Gasteiger partial charge in [-0.3, -0.25) is 10.1 Å². The van der Waals surface area contributed by atoms with Crippen LogP contribution in [0, 0.1) is 10.1 Å². The first-order chi connectivity index (χ1) is 13.1. The summed E-state index contributed by atoms with van der Waals surface area (Å²) in [6.07, 6.45) is 1.75. The Morgan fingerprint density at radius 1 is 1.00 bits per heavy atom. The van der Waals surface area contributed by atoms with E-state index in [2.05, 4.69) is 0 Å². The van der Waals surface area contributed by atoms with Crippen LogP contribution >= 0.6 is 11.8 Å². The van der Waals surface area contributed by atoms with E-state index in [9.17, 15) is 14.9 Å². The minimum absolute atomic E-state index is 0.0934. The van der Waals surface area contributed by atoms with Crippen molar-refractivity contribution in [3.63, 3.8) is 0 Å². The van der Waals surface area contributed by atoms with Gasteiger partial charge in [-0.25, -0.2) is 4.79 Å². The quantitative estimate of drug-likeness (QED) is 0.250. The predicted octanol–water partition coefficient (Wildman–Crippen LogP) is 5.34. The normalized spacial score (nSPS) is 10.4. The summed E-state index contributed by atoms with van der Waals surface area (Å²) in [7, 11) is 0. The molecule has 0 N–H and O–H groups in total. The number of ether oxygens (including phenoxy) is 1. The van der Waals surface area contributed by atoms with Crippen LogP contribution in [0.15, 0.2) is 77.7 Å². The number of hydrogen-bond donors (Lipinski definition) is 0. The van der Waals surface area contributed by atoms with Crippen LogP contribution in [-0.2, 0) is 11.3 Å². The maximum Gasteiger partial charge on any atom is 0.338 e. The first-order valence-electron chi connectivity index (χ1n) is 8.22. The molecule has 0 radical (unpaired) electrons. The Hall–Kier alpha value is -3.12. The van der Waals surface area contributed by atoms with Gasteiger partial charge in [-0.05, 0) is 35.1 Å². The lowest BCUT2D eigenvalue weighted by molar-refractivity contribution is -0.387. The van der Waals surface area contributed by atoms with Crippen LogP contribution in [0.1, 0.15) is 15.9 Å². The summed E-state index contributed by atoms with van der Waals surface area (Å²) in [5.41, 5.74) is 3.11. The molecular formula is C21H17NO4S. The molecule has 27 heavy (non-hydrogen) atoms. The molecule has 3 aromatic carbocycles. The smallest absolute Gasteiger partial charge is 0.338 e. The summed E-state index contributed by atoms with van der Waals surface area (Å²) >= 11 is 1.26. The van der Waals surface area contributed by atoms with Crippen molar-refractivity contribution in [2.45, 2.75) is 11.5 Å². The molecule has 0 spiro atoms. The topological polar surface area (TPSA) is 69.4 Å². The molecule has 0 aliphatic heterocycles. The molecule has 0 amide bonds. The fourth-order valence-electron chi connectivity index (χ4n) is 2.62. The SMILES string of the molecule is CSc1ccc(C(=O)OCc2ccc(-c3ccccc3)cc2)cc1[N+](=O)[O-]. The minimum Gasteiger partial charge on any atom is -0.457 e. The maximum atomic E-state index is 12.2. The fourth-order valence-corrected chi connectivity index (χ4v) is 3.16. The van der Waals surface area contributed by atoms with Gasteiger partial charge in [0.15, 0.2) is 0 Å². The van der Waals surface area contributed by atoms with Crippen LogP contribution in [0.5, 0.6) is 0 Å².